The van der Waals surface area contributed by atoms with Gasteiger partial charge in [0.2, 0.25) is 0 Å². The second kappa shape index (κ2) is 6.17. The van der Waals surface area contributed by atoms with Crippen LogP contribution in [0.1, 0.15) is 59.3 Å². The highest BCUT2D eigenvalue weighted by atomic mass is 15.3. The lowest BCUT2D eigenvalue weighted by atomic mass is 9.85. The molecule has 3 heteroatoms. The van der Waals surface area contributed by atoms with Gasteiger partial charge in [-0.1, -0.05) is 12.8 Å². The topological polar surface area (TPSA) is 18.5 Å². The summed E-state index contributed by atoms with van der Waals surface area (Å²) < 4.78 is 0. The van der Waals surface area contributed by atoms with Crippen LogP contribution in [0.4, 0.5) is 0 Å². The van der Waals surface area contributed by atoms with Gasteiger partial charge in [-0.3, -0.25) is 4.90 Å². The maximum atomic E-state index is 3.82. The van der Waals surface area contributed by atoms with Gasteiger partial charge in [-0.2, -0.15) is 0 Å². The standard InChI is InChI=1S/C18H35N3/c1-17(2,3)21-12-10-20(11-13-21)15-18(8-4-5-9-18)14-19-16-6-7-16/h16,19H,4-15H2,1-3H3. The molecular weight excluding hydrogens is 258 g/mol. The molecule has 2 saturated carbocycles. The van der Waals surface area contributed by atoms with E-state index in [-0.39, 0.29) is 0 Å². The lowest BCUT2D eigenvalue weighted by Crippen LogP contribution is -2.55. The third-order valence-electron chi connectivity index (χ3n) is 5.89. The van der Waals surface area contributed by atoms with E-state index in [1.54, 1.807) is 0 Å². The van der Waals surface area contributed by atoms with Gasteiger partial charge in [-0.05, 0) is 51.9 Å². The van der Waals surface area contributed by atoms with Gasteiger partial charge >= 0.3 is 0 Å². The summed E-state index contributed by atoms with van der Waals surface area (Å²) in [7, 11) is 0. The Morgan fingerprint density at radius 2 is 1.62 bits per heavy atom. The minimum Gasteiger partial charge on any atom is -0.313 e. The molecule has 0 aromatic carbocycles. The first-order chi connectivity index (χ1) is 9.97. The highest BCUT2D eigenvalue weighted by Crippen LogP contribution is 2.39. The van der Waals surface area contributed by atoms with E-state index in [9.17, 15) is 0 Å². The van der Waals surface area contributed by atoms with E-state index < -0.39 is 0 Å². The van der Waals surface area contributed by atoms with Crippen molar-refractivity contribution in [2.24, 2.45) is 5.41 Å². The molecule has 1 N–H and O–H groups in total. The van der Waals surface area contributed by atoms with Crippen molar-refractivity contribution in [1.82, 2.24) is 15.1 Å². The maximum absolute atomic E-state index is 3.82. The molecule has 0 aromatic heterocycles. The van der Waals surface area contributed by atoms with Crippen molar-refractivity contribution in [2.75, 3.05) is 39.3 Å². The highest BCUT2D eigenvalue weighted by molar-refractivity contribution is 4.94. The van der Waals surface area contributed by atoms with Gasteiger partial charge in [-0.25, -0.2) is 0 Å². The molecular formula is C18H35N3. The Hall–Kier alpha value is -0.120. The summed E-state index contributed by atoms with van der Waals surface area (Å²) in [6.07, 6.45) is 8.64. The molecule has 21 heavy (non-hydrogen) atoms. The number of nitrogens with one attached hydrogen (secondary N) is 1. The highest BCUT2D eigenvalue weighted by Gasteiger charge is 2.38. The van der Waals surface area contributed by atoms with Crippen molar-refractivity contribution in [2.45, 2.75) is 70.9 Å². The summed E-state index contributed by atoms with van der Waals surface area (Å²) in [6, 6.07) is 0.861. The predicted octanol–water partition coefficient (Wildman–Crippen LogP) is 2.71. The Kier molecular flexibility index (Phi) is 4.63. The molecule has 1 heterocycles. The van der Waals surface area contributed by atoms with Crippen LogP contribution in [0.5, 0.6) is 0 Å². The SMILES string of the molecule is CC(C)(C)N1CCN(CC2(CNC3CC3)CCCC2)CC1. The molecule has 0 spiro atoms. The number of nitrogens with zero attached hydrogens (tertiary/aromatic N) is 2. The first kappa shape index (κ1) is 15.8. The van der Waals surface area contributed by atoms with Crippen LogP contribution in [0, 0.1) is 5.41 Å². The van der Waals surface area contributed by atoms with Gasteiger partial charge in [0.25, 0.3) is 0 Å². The Morgan fingerprint density at radius 3 is 2.14 bits per heavy atom. The average molecular weight is 293 g/mol. The van der Waals surface area contributed by atoms with Crippen LogP contribution in [0.2, 0.25) is 0 Å². The minimum absolute atomic E-state index is 0.338. The quantitative estimate of drug-likeness (QED) is 0.841. The molecule has 0 atom stereocenters. The van der Waals surface area contributed by atoms with Crippen LogP contribution < -0.4 is 5.32 Å². The molecule has 0 amide bonds. The molecule has 3 nitrogen and oxygen atoms in total. The Labute approximate surface area is 131 Å². The summed E-state index contributed by atoms with van der Waals surface area (Å²) in [5.41, 5.74) is 0.928. The summed E-state index contributed by atoms with van der Waals surface area (Å²) in [4.78, 5) is 5.40. The molecule has 0 bridgehead atoms. The molecule has 0 unspecified atom stereocenters. The first-order valence-corrected chi connectivity index (χ1v) is 9.18. The largest absolute Gasteiger partial charge is 0.313 e. The summed E-state index contributed by atoms with van der Waals surface area (Å²) >= 11 is 0. The van der Waals surface area contributed by atoms with E-state index in [0.717, 1.165) is 6.04 Å². The zero-order valence-electron chi connectivity index (χ0n) is 14.5. The molecule has 1 saturated heterocycles. The van der Waals surface area contributed by atoms with E-state index in [2.05, 4.69) is 35.9 Å². The summed E-state index contributed by atoms with van der Waals surface area (Å²) in [5, 5.41) is 3.82. The van der Waals surface area contributed by atoms with Crippen molar-refractivity contribution in [1.29, 1.82) is 0 Å². The number of piperazine rings is 1. The van der Waals surface area contributed by atoms with Gasteiger partial charge < -0.3 is 10.2 Å². The van der Waals surface area contributed by atoms with Gasteiger partial charge in [0, 0.05) is 50.8 Å². The van der Waals surface area contributed by atoms with Crippen molar-refractivity contribution in [3.63, 3.8) is 0 Å². The van der Waals surface area contributed by atoms with Crippen LogP contribution in [-0.4, -0.2) is 60.6 Å². The number of rotatable bonds is 5. The average Bonchev–Trinajstić information content (AvgIpc) is 3.16. The van der Waals surface area contributed by atoms with E-state index in [0.29, 0.717) is 11.0 Å². The molecule has 3 aliphatic rings. The number of hydrogen-bond acceptors (Lipinski definition) is 3. The molecule has 122 valence electrons. The molecule has 3 rings (SSSR count). The van der Waals surface area contributed by atoms with Crippen molar-refractivity contribution >= 4 is 0 Å². The minimum atomic E-state index is 0.338. The van der Waals surface area contributed by atoms with Crippen molar-refractivity contribution < 1.29 is 0 Å². The van der Waals surface area contributed by atoms with Crippen molar-refractivity contribution in [3.8, 4) is 0 Å². The molecule has 3 fully saturated rings. The fourth-order valence-corrected chi connectivity index (χ4v) is 4.22. The second-order valence-corrected chi connectivity index (χ2v) is 8.80. The maximum Gasteiger partial charge on any atom is 0.0126 e. The van der Waals surface area contributed by atoms with E-state index >= 15 is 0 Å². The molecule has 1 aliphatic heterocycles. The normalized spacial score (nSPS) is 28.1. The van der Waals surface area contributed by atoms with Gasteiger partial charge in [0.1, 0.15) is 0 Å². The lowest BCUT2D eigenvalue weighted by molar-refractivity contribution is 0.0400. The van der Waals surface area contributed by atoms with Gasteiger partial charge in [0.15, 0.2) is 0 Å². The van der Waals surface area contributed by atoms with Gasteiger partial charge in [0.05, 0.1) is 0 Å². The Bertz CT molecular complexity index is 329. The zero-order chi connectivity index (χ0) is 14.9. The van der Waals surface area contributed by atoms with E-state index in [4.69, 9.17) is 0 Å². The summed E-state index contributed by atoms with van der Waals surface area (Å²) in [5.74, 6) is 0. The monoisotopic (exact) mass is 293 g/mol. The fourth-order valence-electron chi connectivity index (χ4n) is 4.22. The van der Waals surface area contributed by atoms with Crippen LogP contribution in [-0.2, 0) is 0 Å². The third-order valence-corrected chi connectivity index (χ3v) is 5.89. The lowest BCUT2D eigenvalue weighted by Gasteiger charge is -2.44. The predicted molar refractivity (Wildman–Crippen MR) is 89.7 cm³/mol. The second-order valence-electron chi connectivity index (χ2n) is 8.80. The van der Waals surface area contributed by atoms with E-state index in [1.807, 2.05) is 0 Å². The summed E-state index contributed by atoms with van der Waals surface area (Å²) in [6.45, 7) is 14.7. The first-order valence-electron chi connectivity index (χ1n) is 9.18. The molecule has 2 aliphatic carbocycles. The van der Waals surface area contributed by atoms with Gasteiger partial charge in [-0.15, -0.1) is 0 Å². The molecule has 0 radical (unpaired) electrons. The fraction of sp³-hybridized carbons (Fsp3) is 1.00. The number of hydrogen-bond donors (Lipinski definition) is 1. The van der Waals surface area contributed by atoms with Crippen LogP contribution in [0.3, 0.4) is 0 Å². The van der Waals surface area contributed by atoms with Crippen LogP contribution in [0.15, 0.2) is 0 Å². The smallest absolute Gasteiger partial charge is 0.0126 e. The zero-order valence-corrected chi connectivity index (χ0v) is 14.5. The molecule has 0 aromatic rings. The van der Waals surface area contributed by atoms with E-state index in [1.165, 1.54) is 77.8 Å². The Balaban J connectivity index is 1.50. The van der Waals surface area contributed by atoms with Crippen molar-refractivity contribution in [3.05, 3.63) is 0 Å². The van der Waals surface area contributed by atoms with Crippen LogP contribution in [0.25, 0.3) is 0 Å². The van der Waals surface area contributed by atoms with Crippen LogP contribution >= 0.6 is 0 Å². The Morgan fingerprint density at radius 1 is 1.00 bits per heavy atom. The third kappa shape index (κ3) is 4.20.